The Kier molecular flexibility index (Phi) is 9.16. The highest BCUT2D eigenvalue weighted by molar-refractivity contribution is 6.31. The van der Waals surface area contributed by atoms with Crippen LogP contribution in [0.4, 0.5) is 19.3 Å². The first kappa shape index (κ1) is 31.9. The lowest BCUT2D eigenvalue weighted by Crippen LogP contribution is -2.44. The molecule has 2 N–H and O–H groups in total. The third-order valence-electron chi connectivity index (χ3n) is 6.92. The van der Waals surface area contributed by atoms with Gasteiger partial charge in [-0.05, 0) is 108 Å². The van der Waals surface area contributed by atoms with Crippen molar-refractivity contribution in [3.63, 3.8) is 0 Å². The summed E-state index contributed by atoms with van der Waals surface area (Å²) < 4.78 is 40.7. The fraction of sp³-hybridized carbons (Fsp3) is 0.364. The van der Waals surface area contributed by atoms with Crippen LogP contribution in [0.5, 0.6) is 5.75 Å². The monoisotopic (exact) mass is 612 g/mol. The number of rotatable bonds is 9. The van der Waals surface area contributed by atoms with Crippen LogP contribution in [-0.2, 0) is 15.1 Å². The highest BCUT2D eigenvalue weighted by atomic mass is 35.5. The topological polar surface area (TPSA) is 93.7 Å². The minimum atomic E-state index is -1.11. The zero-order chi connectivity index (χ0) is 31.7. The van der Waals surface area contributed by atoms with E-state index in [1.807, 2.05) is 0 Å². The highest BCUT2D eigenvalue weighted by Crippen LogP contribution is 2.41. The van der Waals surface area contributed by atoms with E-state index in [0.717, 1.165) is 24.5 Å². The summed E-state index contributed by atoms with van der Waals surface area (Å²) in [6, 6.07) is 11.7. The van der Waals surface area contributed by atoms with Gasteiger partial charge in [0.15, 0.2) is 12.4 Å². The third-order valence-corrected chi connectivity index (χ3v) is 7.16. The van der Waals surface area contributed by atoms with Gasteiger partial charge in [-0.1, -0.05) is 17.7 Å². The molecule has 0 saturated heterocycles. The van der Waals surface area contributed by atoms with Gasteiger partial charge in [-0.25, -0.2) is 13.6 Å². The SMILES string of the molecule is Cc1c(NC(=O)COc2ccc(Cl)cc2C(=O)c2cc(F)cc(C3CC3)c2)ccc(C(C)(C)NC(=O)OC(C)(C)C)c1F. The zero-order valence-corrected chi connectivity index (χ0v) is 25.7. The maximum atomic E-state index is 15.4. The summed E-state index contributed by atoms with van der Waals surface area (Å²) in [5, 5.41) is 5.57. The van der Waals surface area contributed by atoms with Gasteiger partial charge in [0.2, 0.25) is 0 Å². The molecule has 1 aliphatic carbocycles. The standard InChI is InChI=1S/C33H35ClF2N2O5/c1-18-26(11-10-25(29(18)36)33(5,6)38-31(41)43-32(2,3)4)37-28(39)17-42-27-12-9-22(34)16-24(27)30(40)21-13-20(19-7-8-19)14-23(35)15-21/h9-16,19H,7-8,17H2,1-6H3,(H,37,39)(H,38,41). The number of anilines is 1. The Labute approximate surface area is 254 Å². The normalized spacial score (nSPS) is 13.3. The molecule has 0 spiro atoms. The minimum Gasteiger partial charge on any atom is -0.483 e. The lowest BCUT2D eigenvalue weighted by Gasteiger charge is -2.30. The van der Waals surface area contributed by atoms with Crippen molar-refractivity contribution in [1.29, 1.82) is 0 Å². The van der Waals surface area contributed by atoms with E-state index in [2.05, 4.69) is 10.6 Å². The van der Waals surface area contributed by atoms with Crippen molar-refractivity contribution in [2.24, 2.45) is 0 Å². The molecule has 3 aromatic rings. The van der Waals surface area contributed by atoms with Gasteiger partial charge < -0.3 is 20.1 Å². The van der Waals surface area contributed by atoms with E-state index in [4.69, 9.17) is 21.1 Å². The van der Waals surface area contributed by atoms with Crippen LogP contribution in [0.3, 0.4) is 0 Å². The molecule has 0 radical (unpaired) electrons. The van der Waals surface area contributed by atoms with Crippen molar-refractivity contribution in [3.8, 4) is 5.75 Å². The van der Waals surface area contributed by atoms with E-state index in [0.29, 0.717) is 0 Å². The number of benzene rings is 3. The Hall–Kier alpha value is -3.98. The third kappa shape index (κ3) is 8.10. The summed E-state index contributed by atoms with van der Waals surface area (Å²) in [7, 11) is 0. The first-order chi connectivity index (χ1) is 20.0. The Morgan fingerprint density at radius 2 is 1.67 bits per heavy atom. The second-order valence-corrected chi connectivity index (χ2v) is 12.6. The molecule has 0 bridgehead atoms. The van der Waals surface area contributed by atoms with E-state index in [1.165, 1.54) is 43.3 Å². The quantitative estimate of drug-likeness (QED) is 0.240. The van der Waals surface area contributed by atoms with Crippen LogP contribution in [0.25, 0.3) is 0 Å². The van der Waals surface area contributed by atoms with Crippen LogP contribution in [0.15, 0.2) is 48.5 Å². The molecule has 1 saturated carbocycles. The predicted octanol–water partition coefficient (Wildman–Crippen LogP) is 7.81. The van der Waals surface area contributed by atoms with Crippen LogP contribution >= 0.6 is 11.6 Å². The number of alkyl carbamates (subject to hydrolysis) is 1. The summed E-state index contributed by atoms with van der Waals surface area (Å²) in [5.41, 5.74) is -0.243. The summed E-state index contributed by atoms with van der Waals surface area (Å²) in [6.45, 7) is 9.48. The van der Waals surface area contributed by atoms with Crippen molar-refractivity contribution in [2.45, 2.75) is 71.4 Å². The highest BCUT2D eigenvalue weighted by Gasteiger charge is 2.30. The molecule has 10 heteroatoms. The fourth-order valence-corrected chi connectivity index (χ4v) is 4.79. The maximum Gasteiger partial charge on any atom is 0.408 e. The van der Waals surface area contributed by atoms with Gasteiger partial charge in [-0.2, -0.15) is 0 Å². The van der Waals surface area contributed by atoms with E-state index < -0.39 is 47.2 Å². The number of hydrogen-bond acceptors (Lipinski definition) is 5. The van der Waals surface area contributed by atoms with Crippen LogP contribution in [0, 0.1) is 18.6 Å². The van der Waals surface area contributed by atoms with Gasteiger partial charge in [0.25, 0.3) is 5.91 Å². The lowest BCUT2D eigenvalue weighted by atomic mass is 9.91. The van der Waals surface area contributed by atoms with Gasteiger partial charge in [0, 0.05) is 27.4 Å². The van der Waals surface area contributed by atoms with Gasteiger partial charge >= 0.3 is 6.09 Å². The molecule has 7 nitrogen and oxygen atoms in total. The molecule has 0 unspecified atom stereocenters. The molecule has 0 aromatic heterocycles. The van der Waals surface area contributed by atoms with Crippen LogP contribution in [-0.4, -0.2) is 30.0 Å². The van der Waals surface area contributed by atoms with Gasteiger partial charge in [0.05, 0.1) is 11.1 Å². The van der Waals surface area contributed by atoms with Crippen LogP contribution in [0.2, 0.25) is 5.02 Å². The largest absolute Gasteiger partial charge is 0.483 e. The first-order valence-corrected chi connectivity index (χ1v) is 14.3. The molecule has 3 aromatic carbocycles. The van der Waals surface area contributed by atoms with Crippen molar-refractivity contribution in [1.82, 2.24) is 5.32 Å². The van der Waals surface area contributed by atoms with E-state index >= 15 is 4.39 Å². The van der Waals surface area contributed by atoms with E-state index in [1.54, 1.807) is 40.7 Å². The number of nitrogens with one attached hydrogen (secondary N) is 2. The molecule has 228 valence electrons. The van der Waals surface area contributed by atoms with Crippen molar-refractivity contribution >= 4 is 35.1 Å². The molecule has 0 atom stereocenters. The molecular formula is C33H35ClF2N2O5. The average molecular weight is 613 g/mol. The number of ketones is 1. The molecule has 1 fully saturated rings. The molecular weight excluding hydrogens is 578 g/mol. The second kappa shape index (κ2) is 12.3. The summed E-state index contributed by atoms with van der Waals surface area (Å²) in [6.07, 6.45) is 1.21. The Morgan fingerprint density at radius 1 is 0.977 bits per heavy atom. The first-order valence-electron chi connectivity index (χ1n) is 13.9. The number of amides is 2. The number of carbonyl (C=O) groups is 3. The van der Waals surface area contributed by atoms with Crippen molar-refractivity contribution < 1.29 is 32.6 Å². The number of carbonyl (C=O) groups excluding carboxylic acids is 3. The summed E-state index contributed by atoms with van der Waals surface area (Å²) in [4.78, 5) is 38.5. The molecule has 0 aliphatic heterocycles. The van der Waals surface area contributed by atoms with E-state index in [9.17, 15) is 18.8 Å². The molecule has 4 rings (SSSR count). The van der Waals surface area contributed by atoms with Gasteiger partial charge in [-0.3, -0.25) is 9.59 Å². The summed E-state index contributed by atoms with van der Waals surface area (Å²) >= 11 is 6.15. The average Bonchev–Trinajstić information content (AvgIpc) is 3.74. The number of ether oxygens (including phenoxy) is 2. The number of halogens is 3. The van der Waals surface area contributed by atoms with Gasteiger partial charge in [-0.15, -0.1) is 0 Å². The predicted molar refractivity (Wildman–Crippen MR) is 161 cm³/mol. The Balaban J connectivity index is 1.46. The molecule has 2 amide bonds. The van der Waals surface area contributed by atoms with Crippen molar-refractivity contribution in [3.05, 3.63) is 93.0 Å². The Morgan fingerprint density at radius 3 is 2.33 bits per heavy atom. The van der Waals surface area contributed by atoms with Crippen LogP contribution in [0.1, 0.15) is 86.0 Å². The molecule has 43 heavy (non-hydrogen) atoms. The fourth-order valence-electron chi connectivity index (χ4n) is 4.62. The van der Waals surface area contributed by atoms with E-state index in [-0.39, 0.29) is 44.6 Å². The second-order valence-electron chi connectivity index (χ2n) is 12.2. The summed E-state index contributed by atoms with van der Waals surface area (Å²) in [5.74, 6) is -1.86. The maximum absolute atomic E-state index is 15.4. The molecule has 0 heterocycles. The Bertz CT molecular complexity index is 1580. The zero-order valence-electron chi connectivity index (χ0n) is 25.0. The lowest BCUT2D eigenvalue weighted by molar-refractivity contribution is -0.118. The van der Waals surface area contributed by atoms with Crippen LogP contribution < -0.4 is 15.4 Å². The minimum absolute atomic E-state index is 0.0824. The van der Waals surface area contributed by atoms with Gasteiger partial charge in [0.1, 0.15) is 23.0 Å². The molecule has 1 aliphatic rings. The smallest absolute Gasteiger partial charge is 0.408 e. The van der Waals surface area contributed by atoms with Crippen molar-refractivity contribution in [2.75, 3.05) is 11.9 Å². The number of hydrogen-bond donors (Lipinski definition) is 2.